The molecular weight excluding hydrogens is 434 g/mol. The fraction of sp³-hybridized carbons (Fsp3) is 0.560. The van der Waals surface area contributed by atoms with Crippen molar-refractivity contribution in [2.75, 3.05) is 11.9 Å². The summed E-state index contributed by atoms with van der Waals surface area (Å²) in [5.41, 5.74) is -0.556. The molecule has 0 saturated carbocycles. The number of carbonyl (C=O) groups is 4. The molecule has 2 aliphatic rings. The molecule has 0 radical (unpaired) electrons. The van der Waals surface area contributed by atoms with Crippen molar-refractivity contribution >= 4 is 29.3 Å². The number of anilines is 1. The van der Waals surface area contributed by atoms with Crippen molar-refractivity contribution in [3.8, 4) is 6.07 Å². The Bertz CT molecular complexity index is 1060. The van der Waals surface area contributed by atoms with E-state index in [-0.39, 0.29) is 30.7 Å². The second-order valence-corrected chi connectivity index (χ2v) is 11.4. The first kappa shape index (κ1) is 25.2. The number of rotatable bonds is 3. The van der Waals surface area contributed by atoms with Crippen molar-refractivity contribution < 1.29 is 19.2 Å². The molecule has 3 rings (SSSR count). The largest absolute Gasteiger partial charge is 0.343 e. The van der Waals surface area contributed by atoms with Crippen LogP contribution in [0, 0.1) is 16.7 Å². The van der Waals surface area contributed by atoms with Crippen molar-refractivity contribution in [3.05, 3.63) is 29.8 Å². The predicted molar refractivity (Wildman–Crippen MR) is 126 cm³/mol. The summed E-state index contributed by atoms with van der Waals surface area (Å²) in [6.45, 7) is 11.0. The maximum Gasteiger partial charge on any atom is 0.309 e. The number of fused-ring (bicyclic) bond motifs is 2. The number of carbonyl (C=O) groups excluding carboxylic acids is 4. The van der Waals surface area contributed by atoms with E-state index in [0.29, 0.717) is 5.69 Å². The van der Waals surface area contributed by atoms with Crippen LogP contribution in [0.15, 0.2) is 24.3 Å². The van der Waals surface area contributed by atoms with Crippen LogP contribution in [-0.2, 0) is 24.6 Å². The highest BCUT2D eigenvalue weighted by atomic mass is 16.2. The number of hydrogen-bond acceptors (Lipinski definition) is 5. The third-order valence-electron chi connectivity index (χ3n) is 6.03. The summed E-state index contributed by atoms with van der Waals surface area (Å²) in [5, 5.41) is 17.9. The zero-order valence-corrected chi connectivity index (χ0v) is 20.6. The molecular formula is C25H33N5O4. The first-order chi connectivity index (χ1) is 15.7. The van der Waals surface area contributed by atoms with Gasteiger partial charge in [0, 0.05) is 24.2 Å². The minimum Gasteiger partial charge on any atom is -0.343 e. The highest BCUT2D eigenvalue weighted by molar-refractivity contribution is 6.35. The van der Waals surface area contributed by atoms with Crippen LogP contribution in [-0.4, -0.2) is 52.7 Å². The van der Waals surface area contributed by atoms with Crippen LogP contribution in [0.1, 0.15) is 59.9 Å². The van der Waals surface area contributed by atoms with Gasteiger partial charge in [0.15, 0.2) is 0 Å². The Balaban J connectivity index is 1.88. The number of hydrogen-bond donors (Lipinski definition) is 3. The van der Waals surface area contributed by atoms with Gasteiger partial charge in [-0.2, -0.15) is 5.26 Å². The SMILES string of the molecule is CC(C)(C)C[C@H](NC(=O)C(=O)NC(C)(C)C)C(=O)N1C[C@]2(C[C@H]1C#N)C(=O)Nc1ccccc12. The topological polar surface area (TPSA) is 131 Å². The third-order valence-corrected chi connectivity index (χ3v) is 6.03. The van der Waals surface area contributed by atoms with Gasteiger partial charge in [0.1, 0.15) is 12.1 Å². The van der Waals surface area contributed by atoms with E-state index >= 15 is 0 Å². The van der Waals surface area contributed by atoms with Gasteiger partial charge in [-0.05, 0) is 44.2 Å². The summed E-state index contributed by atoms with van der Waals surface area (Å²) in [5.74, 6) is -2.47. The minimum atomic E-state index is -1.02. The predicted octanol–water partition coefficient (Wildman–Crippen LogP) is 1.84. The van der Waals surface area contributed by atoms with Gasteiger partial charge >= 0.3 is 11.8 Å². The van der Waals surface area contributed by atoms with Gasteiger partial charge in [-0.1, -0.05) is 39.0 Å². The summed E-state index contributed by atoms with van der Waals surface area (Å²) >= 11 is 0. The number of likely N-dealkylation sites (tertiary alicyclic amines) is 1. The molecule has 9 heteroatoms. The smallest absolute Gasteiger partial charge is 0.309 e. The molecule has 1 fully saturated rings. The van der Waals surface area contributed by atoms with E-state index in [1.165, 1.54) is 4.90 Å². The lowest BCUT2D eigenvalue weighted by Gasteiger charge is -2.31. The average molecular weight is 468 g/mol. The number of nitriles is 1. The van der Waals surface area contributed by atoms with Gasteiger partial charge < -0.3 is 20.9 Å². The number of nitrogens with zero attached hydrogens (tertiary/aromatic N) is 2. The fourth-order valence-corrected chi connectivity index (χ4v) is 4.62. The Morgan fingerprint density at radius 2 is 1.82 bits per heavy atom. The quantitative estimate of drug-likeness (QED) is 0.584. The van der Waals surface area contributed by atoms with Crippen LogP contribution in [0.25, 0.3) is 0 Å². The zero-order valence-electron chi connectivity index (χ0n) is 20.6. The normalized spacial score (nSPS) is 22.6. The Hall–Kier alpha value is -3.41. The number of nitrogens with one attached hydrogen (secondary N) is 3. The van der Waals surface area contributed by atoms with Crippen LogP contribution < -0.4 is 16.0 Å². The first-order valence-corrected chi connectivity index (χ1v) is 11.4. The summed E-state index contributed by atoms with van der Waals surface area (Å²) in [6, 6.07) is 7.56. The van der Waals surface area contributed by atoms with Crippen LogP contribution in [0.5, 0.6) is 0 Å². The molecule has 4 amide bonds. The van der Waals surface area contributed by atoms with Gasteiger partial charge in [-0.3, -0.25) is 19.2 Å². The number of amides is 4. The zero-order chi connectivity index (χ0) is 25.5. The molecule has 182 valence electrons. The minimum absolute atomic E-state index is 0.0254. The summed E-state index contributed by atoms with van der Waals surface area (Å²) in [4.78, 5) is 53.1. The molecule has 0 bridgehead atoms. The lowest BCUT2D eigenvalue weighted by molar-refractivity contribution is -0.143. The van der Waals surface area contributed by atoms with E-state index < -0.39 is 40.8 Å². The van der Waals surface area contributed by atoms with E-state index in [1.54, 1.807) is 26.8 Å². The van der Waals surface area contributed by atoms with Crippen molar-refractivity contribution in [2.24, 2.45) is 5.41 Å². The van der Waals surface area contributed by atoms with E-state index in [9.17, 15) is 24.4 Å². The lowest BCUT2D eigenvalue weighted by atomic mass is 9.80. The molecule has 0 aromatic heterocycles. The molecule has 0 unspecified atom stereocenters. The Kier molecular flexibility index (Phi) is 6.49. The van der Waals surface area contributed by atoms with Crippen LogP contribution in [0.2, 0.25) is 0 Å². The van der Waals surface area contributed by atoms with Crippen molar-refractivity contribution in [1.82, 2.24) is 15.5 Å². The van der Waals surface area contributed by atoms with Gasteiger partial charge in [0.2, 0.25) is 11.8 Å². The van der Waals surface area contributed by atoms with E-state index in [2.05, 4.69) is 22.0 Å². The molecule has 34 heavy (non-hydrogen) atoms. The van der Waals surface area contributed by atoms with E-state index in [0.717, 1.165) is 5.56 Å². The lowest BCUT2D eigenvalue weighted by Crippen LogP contribution is -2.56. The second kappa shape index (κ2) is 8.75. The third kappa shape index (κ3) is 5.06. The molecule has 3 N–H and O–H groups in total. The molecule has 0 aliphatic carbocycles. The standard InChI is InChI=1S/C25H33N5O4/c1-23(2,3)12-18(27-19(31)20(32)29-24(4,5)6)21(33)30-14-25(11-15(30)13-26)16-9-7-8-10-17(16)28-22(25)34/h7-10,15,18H,11-12,14H2,1-6H3,(H,27,31)(H,28,34)(H,29,32)/t15-,18-,25-/m0/s1. The monoisotopic (exact) mass is 467 g/mol. The number of benzene rings is 1. The summed E-state index contributed by atoms with van der Waals surface area (Å²) in [7, 11) is 0. The van der Waals surface area contributed by atoms with Crippen molar-refractivity contribution in [3.63, 3.8) is 0 Å². The Morgan fingerprint density at radius 3 is 2.41 bits per heavy atom. The molecule has 3 atom stereocenters. The van der Waals surface area contributed by atoms with Gasteiger partial charge in [0.05, 0.1) is 11.5 Å². The molecule has 1 spiro atoms. The Morgan fingerprint density at radius 1 is 1.18 bits per heavy atom. The molecule has 1 aromatic rings. The highest BCUT2D eigenvalue weighted by Gasteiger charge is 2.56. The average Bonchev–Trinajstić information content (AvgIpc) is 3.23. The molecule has 2 aliphatic heterocycles. The molecule has 1 saturated heterocycles. The summed E-state index contributed by atoms with van der Waals surface area (Å²) < 4.78 is 0. The number of para-hydroxylation sites is 1. The fourth-order valence-electron chi connectivity index (χ4n) is 4.62. The van der Waals surface area contributed by atoms with Crippen LogP contribution in [0.4, 0.5) is 5.69 Å². The summed E-state index contributed by atoms with van der Waals surface area (Å²) in [6.07, 6.45) is 0.420. The maximum atomic E-state index is 13.7. The van der Waals surface area contributed by atoms with Crippen molar-refractivity contribution in [1.29, 1.82) is 5.26 Å². The van der Waals surface area contributed by atoms with Crippen molar-refractivity contribution in [2.45, 2.75) is 77.4 Å². The van der Waals surface area contributed by atoms with E-state index in [1.807, 2.05) is 39.0 Å². The van der Waals surface area contributed by atoms with Gasteiger partial charge in [0.25, 0.3) is 0 Å². The highest BCUT2D eigenvalue weighted by Crippen LogP contribution is 2.46. The van der Waals surface area contributed by atoms with Gasteiger partial charge in [-0.15, -0.1) is 0 Å². The van der Waals surface area contributed by atoms with Crippen LogP contribution >= 0.6 is 0 Å². The molecule has 2 heterocycles. The Labute approximate surface area is 200 Å². The second-order valence-electron chi connectivity index (χ2n) is 11.4. The maximum absolute atomic E-state index is 13.7. The first-order valence-electron chi connectivity index (χ1n) is 11.4. The molecule has 1 aromatic carbocycles. The van der Waals surface area contributed by atoms with Gasteiger partial charge in [-0.25, -0.2) is 0 Å². The molecule has 9 nitrogen and oxygen atoms in total. The van der Waals surface area contributed by atoms with E-state index in [4.69, 9.17) is 0 Å². The van der Waals surface area contributed by atoms with Crippen LogP contribution in [0.3, 0.4) is 0 Å².